The number of aliphatic carboxylic acids is 1. The van der Waals surface area contributed by atoms with Gasteiger partial charge in [-0.3, -0.25) is 4.79 Å². The summed E-state index contributed by atoms with van der Waals surface area (Å²) in [6.07, 6.45) is 6.98. The van der Waals surface area contributed by atoms with Gasteiger partial charge in [0.2, 0.25) is 0 Å². The molecule has 4 aliphatic rings. The number of para-hydroxylation sites is 1. The number of carboxylic acids is 1. The molecule has 0 amide bonds. The van der Waals surface area contributed by atoms with Crippen LogP contribution in [0.2, 0.25) is 0 Å². The molecule has 2 atom stereocenters. The van der Waals surface area contributed by atoms with Crippen molar-refractivity contribution in [3.8, 4) is 11.5 Å². The number of fused-ring (bicyclic) bond motifs is 3. The lowest BCUT2D eigenvalue weighted by atomic mass is 9.62. The summed E-state index contributed by atoms with van der Waals surface area (Å²) in [4.78, 5) is 11.0. The van der Waals surface area contributed by atoms with Crippen molar-refractivity contribution in [1.82, 2.24) is 0 Å². The predicted octanol–water partition coefficient (Wildman–Crippen LogP) is 5.77. The molecule has 2 saturated carbocycles. The van der Waals surface area contributed by atoms with E-state index >= 15 is 0 Å². The monoisotopic (exact) mass is 392 g/mol. The summed E-state index contributed by atoms with van der Waals surface area (Å²) >= 11 is 0. The first-order valence-electron chi connectivity index (χ1n) is 10.8. The fraction of sp³-hybridized carbons (Fsp3) is 0.480. The highest BCUT2D eigenvalue weighted by atomic mass is 16.5. The molecule has 0 spiro atoms. The van der Waals surface area contributed by atoms with Crippen molar-refractivity contribution in [3.63, 3.8) is 0 Å². The second-order valence-electron chi connectivity index (χ2n) is 9.28. The van der Waals surface area contributed by atoms with Gasteiger partial charge in [-0.15, -0.1) is 0 Å². The number of hydrogen-bond donors (Lipinski definition) is 1. The summed E-state index contributed by atoms with van der Waals surface area (Å²) in [5.41, 5.74) is 1.29. The Morgan fingerprint density at radius 3 is 2.45 bits per heavy atom. The minimum absolute atomic E-state index is 0.193. The van der Waals surface area contributed by atoms with Crippen molar-refractivity contribution in [2.45, 2.75) is 50.5 Å². The summed E-state index contributed by atoms with van der Waals surface area (Å²) in [5, 5.41) is 9.02. The van der Waals surface area contributed by atoms with E-state index in [9.17, 15) is 4.79 Å². The van der Waals surface area contributed by atoms with Crippen LogP contribution in [0.15, 0.2) is 54.6 Å². The summed E-state index contributed by atoms with van der Waals surface area (Å²) in [6, 6.07) is 18.2. The second-order valence-corrected chi connectivity index (χ2v) is 9.28. The van der Waals surface area contributed by atoms with Crippen LogP contribution in [0.25, 0.3) is 0 Å². The lowest BCUT2D eigenvalue weighted by molar-refractivity contribution is -0.193. The van der Waals surface area contributed by atoms with Crippen molar-refractivity contribution in [3.05, 3.63) is 60.2 Å². The second kappa shape index (κ2) is 7.17. The van der Waals surface area contributed by atoms with Crippen molar-refractivity contribution >= 4 is 5.97 Å². The van der Waals surface area contributed by atoms with E-state index in [-0.39, 0.29) is 11.0 Å². The van der Waals surface area contributed by atoms with Crippen molar-refractivity contribution in [2.24, 2.45) is 17.3 Å². The van der Waals surface area contributed by atoms with E-state index in [2.05, 4.69) is 18.2 Å². The van der Waals surface area contributed by atoms with Crippen molar-refractivity contribution in [2.75, 3.05) is 6.61 Å². The first-order valence-corrected chi connectivity index (χ1v) is 10.8. The summed E-state index contributed by atoms with van der Waals surface area (Å²) < 4.78 is 12.6. The molecule has 2 aromatic carbocycles. The van der Waals surface area contributed by atoms with Gasteiger partial charge in [0.15, 0.2) is 0 Å². The van der Waals surface area contributed by atoms with Gasteiger partial charge in [-0.1, -0.05) is 30.3 Å². The number of carbonyl (C=O) groups is 1. The van der Waals surface area contributed by atoms with E-state index in [0.717, 1.165) is 43.8 Å². The molecular weight excluding hydrogens is 364 g/mol. The van der Waals surface area contributed by atoms with Gasteiger partial charge in [0.25, 0.3) is 0 Å². The van der Waals surface area contributed by atoms with Gasteiger partial charge in [-0.2, -0.15) is 0 Å². The maximum Gasteiger partial charge on any atom is 0.303 e. The first-order chi connectivity index (χ1) is 14.1. The quantitative estimate of drug-likeness (QED) is 0.650. The van der Waals surface area contributed by atoms with Crippen molar-refractivity contribution < 1.29 is 19.4 Å². The average Bonchev–Trinajstić information content (AvgIpc) is 3.46. The SMILES string of the molecule is O=C(O)CC1CC1CC12CCC(c3cccc(Oc4ccccc4)c3)(CC1)OC2. The number of benzene rings is 2. The van der Waals surface area contributed by atoms with E-state index in [0.29, 0.717) is 18.3 Å². The third kappa shape index (κ3) is 3.78. The van der Waals surface area contributed by atoms with Crippen molar-refractivity contribution in [1.29, 1.82) is 0 Å². The van der Waals surface area contributed by atoms with Crippen LogP contribution in [-0.2, 0) is 15.1 Å². The normalized spacial score (nSPS) is 32.7. The minimum atomic E-state index is -0.657. The highest BCUT2D eigenvalue weighted by molar-refractivity contribution is 5.67. The number of rotatable bonds is 7. The Labute approximate surface area is 171 Å². The smallest absolute Gasteiger partial charge is 0.303 e. The molecule has 2 heterocycles. The third-order valence-corrected chi connectivity index (χ3v) is 7.31. The lowest BCUT2D eigenvalue weighted by Crippen LogP contribution is -2.49. The topological polar surface area (TPSA) is 55.8 Å². The highest BCUT2D eigenvalue weighted by Gasteiger charge is 2.53. The largest absolute Gasteiger partial charge is 0.481 e. The molecule has 6 rings (SSSR count). The third-order valence-electron chi connectivity index (χ3n) is 7.31. The van der Waals surface area contributed by atoms with Crippen LogP contribution in [0.4, 0.5) is 0 Å². The number of ether oxygens (including phenoxy) is 2. The Hall–Kier alpha value is -2.33. The number of carboxylic acid groups (broad SMARTS) is 1. The molecule has 152 valence electrons. The van der Waals surface area contributed by atoms with Crippen LogP contribution in [0.5, 0.6) is 11.5 Å². The molecule has 0 radical (unpaired) electrons. The maximum atomic E-state index is 11.0. The summed E-state index contributed by atoms with van der Waals surface area (Å²) in [6.45, 7) is 0.799. The van der Waals surface area contributed by atoms with Crippen LogP contribution in [0, 0.1) is 17.3 Å². The lowest BCUT2D eigenvalue weighted by Gasteiger charge is -2.53. The maximum absolute atomic E-state index is 11.0. The van der Waals surface area contributed by atoms with E-state index in [4.69, 9.17) is 14.6 Å². The number of hydrogen-bond acceptors (Lipinski definition) is 3. The molecule has 4 nitrogen and oxygen atoms in total. The Morgan fingerprint density at radius 2 is 1.76 bits per heavy atom. The van der Waals surface area contributed by atoms with E-state index < -0.39 is 5.97 Å². The molecule has 4 heteroatoms. The molecule has 2 saturated heterocycles. The zero-order valence-electron chi connectivity index (χ0n) is 16.7. The van der Waals surface area contributed by atoms with Crippen LogP contribution in [0.1, 0.15) is 50.5 Å². The zero-order valence-corrected chi connectivity index (χ0v) is 16.7. The Balaban J connectivity index is 1.25. The zero-order chi connectivity index (χ0) is 19.9. The molecule has 4 fully saturated rings. The Morgan fingerprint density at radius 1 is 1.00 bits per heavy atom. The van der Waals surface area contributed by atoms with Gasteiger partial charge >= 0.3 is 5.97 Å². The molecular formula is C25H28O4. The van der Waals surface area contributed by atoms with Crippen LogP contribution >= 0.6 is 0 Å². The van der Waals surface area contributed by atoms with E-state index in [1.807, 2.05) is 36.4 Å². The molecule has 29 heavy (non-hydrogen) atoms. The Kier molecular flexibility index (Phi) is 4.62. The fourth-order valence-electron chi connectivity index (χ4n) is 5.46. The molecule has 1 N–H and O–H groups in total. The van der Waals surface area contributed by atoms with E-state index in [1.54, 1.807) is 0 Å². The van der Waals surface area contributed by atoms with Crippen LogP contribution < -0.4 is 4.74 Å². The van der Waals surface area contributed by atoms with Gasteiger partial charge < -0.3 is 14.6 Å². The Bertz CT molecular complexity index is 866. The molecule has 2 aliphatic carbocycles. The molecule has 2 aliphatic heterocycles. The summed E-state index contributed by atoms with van der Waals surface area (Å²) in [5.74, 6) is 2.01. The fourth-order valence-corrected chi connectivity index (χ4v) is 5.46. The average molecular weight is 392 g/mol. The highest BCUT2D eigenvalue weighted by Crippen LogP contribution is 2.59. The van der Waals surface area contributed by atoms with Gasteiger partial charge in [-0.05, 0) is 85.6 Å². The molecule has 2 bridgehead atoms. The molecule has 2 aromatic rings. The summed E-state index contributed by atoms with van der Waals surface area (Å²) in [7, 11) is 0. The van der Waals surface area contributed by atoms with Crippen LogP contribution in [0.3, 0.4) is 0 Å². The standard InChI is InChI=1S/C25H28O4/c26-23(27)14-18-13-19(18)16-24-9-11-25(12-10-24,28-17-24)20-5-4-8-22(15-20)29-21-6-2-1-3-7-21/h1-8,15,18-19H,9-14,16-17H2,(H,26,27). The van der Waals surface area contributed by atoms with E-state index in [1.165, 1.54) is 18.4 Å². The molecule has 0 aromatic heterocycles. The van der Waals surface area contributed by atoms with Gasteiger partial charge in [0, 0.05) is 6.42 Å². The van der Waals surface area contributed by atoms with Crippen LogP contribution in [-0.4, -0.2) is 17.7 Å². The van der Waals surface area contributed by atoms with Gasteiger partial charge in [0.05, 0.1) is 12.2 Å². The van der Waals surface area contributed by atoms with Gasteiger partial charge in [-0.25, -0.2) is 0 Å². The van der Waals surface area contributed by atoms with Gasteiger partial charge in [0.1, 0.15) is 11.5 Å². The minimum Gasteiger partial charge on any atom is -0.481 e. The molecule has 2 unspecified atom stereocenters. The first kappa shape index (κ1) is 18.7. The predicted molar refractivity (Wildman–Crippen MR) is 110 cm³/mol.